The largest absolute Gasteiger partial charge is 0.464 e. The van der Waals surface area contributed by atoms with Crippen LogP contribution in [0.25, 0.3) is 0 Å². The van der Waals surface area contributed by atoms with Crippen molar-refractivity contribution in [3.8, 4) is 0 Å². The average molecular weight is 243 g/mol. The Hall–Kier alpha value is -1.90. The molecule has 1 saturated carbocycles. The zero-order valence-corrected chi connectivity index (χ0v) is 10.5. The monoisotopic (exact) mass is 243 g/mol. The van der Waals surface area contributed by atoms with Crippen LogP contribution in [0, 0.1) is 5.92 Å². The van der Waals surface area contributed by atoms with Gasteiger partial charge in [0.25, 0.3) is 0 Å². The van der Waals surface area contributed by atoms with Crippen LogP contribution in [0.5, 0.6) is 0 Å². The quantitative estimate of drug-likeness (QED) is 0.453. The van der Waals surface area contributed by atoms with Crippen molar-refractivity contribution in [3.05, 3.63) is 48.6 Å². The van der Waals surface area contributed by atoms with Gasteiger partial charge in [0.05, 0.1) is 6.61 Å². The molecule has 0 amide bonds. The predicted octanol–water partition coefficient (Wildman–Crippen LogP) is 2.61. The molecule has 18 heavy (non-hydrogen) atoms. The summed E-state index contributed by atoms with van der Waals surface area (Å²) in [6.07, 6.45) is 4.21. The molecular formula is C15H17NO2. The summed E-state index contributed by atoms with van der Waals surface area (Å²) in [6, 6.07) is 9.73. The molecule has 2 rings (SSSR count). The summed E-state index contributed by atoms with van der Waals surface area (Å²) in [5.74, 6) is -0.154. The molecule has 0 heterocycles. The second kappa shape index (κ2) is 5.17. The fraction of sp³-hybridized carbons (Fsp3) is 0.333. The molecule has 3 nitrogen and oxygen atoms in total. The molecule has 0 saturated heterocycles. The smallest absolute Gasteiger partial charge is 0.334 e. The average Bonchev–Trinajstić information content (AvgIpc) is 3.13. The maximum absolute atomic E-state index is 11.9. The van der Waals surface area contributed by atoms with E-state index in [1.54, 1.807) is 19.2 Å². The first-order valence-corrected chi connectivity index (χ1v) is 6.13. The van der Waals surface area contributed by atoms with Gasteiger partial charge < -0.3 is 4.74 Å². The number of rotatable bonds is 5. The topological polar surface area (TPSA) is 38.7 Å². The molecule has 0 radical (unpaired) electrons. The SMILES string of the molecule is C=CC1CC1(N=Cc1ccccc1)C(=O)OCC. The van der Waals surface area contributed by atoms with Crippen LogP contribution >= 0.6 is 0 Å². The number of carbonyl (C=O) groups is 1. The van der Waals surface area contributed by atoms with Gasteiger partial charge in [-0.2, -0.15) is 0 Å². The first kappa shape index (κ1) is 12.6. The highest BCUT2D eigenvalue weighted by atomic mass is 16.5. The highest BCUT2D eigenvalue weighted by Crippen LogP contribution is 2.48. The Morgan fingerprint density at radius 2 is 2.28 bits per heavy atom. The molecule has 3 heteroatoms. The van der Waals surface area contributed by atoms with Gasteiger partial charge in [-0.25, -0.2) is 4.79 Å². The van der Waals surface area contributed by atoms with E-state index in [0.29, 0.717) is 13.0 Å². The van der Waals surface area contributed by atoms with Gasteiger partial charge in [-0.15, -0.1) is 6.58 Å². The van der Waals surface area contributed by atoms with E-state index < -0.39 is 5.54 Å². The third-order valence-electron chi connectivity index (χ3n) is 3.14. The van der Waals surface area contributed by atoms with Crippen molar-refractivity contribution >= 4 is 12.2 Å². The van der Waals surface area contributed by atoms with Crippen molar-refractivity contribution in [1.29, 1.82) is 0 Å². The van der Waals surface area contributed by atoms with Crippen LogP contribution in [0.1, 0.15) is 18.9 Å². The van der Waals surface area contributed by atoms with E-state index in [9.17, 15) is 4.79 Å². The molecule has 0 N–H and O–H groups in total. The highest BCUT2D eigenvalue weighted by Gasteiger charge is 2.60. The Balaban J connectivity index is 2.16. The molecule has 1 aromatic carbocycles. The van der Waals surface area contributed by atoms with Crippen molar-refractivity contribution in [1.82, 2.24) is 0 Å². The van der Waals surface area contributed by atoms with Gasteiger partial charge >= 0.3 is 5.97 Å². The maximum Gasteiger partial charge on any atom is 0.334 e. The number of carbonyl (C=O) groups excluding carboxylic acids is 1. The second-order valence-electron chi connectivity index (χ2n) is 4.36. The third kappa shape index (κ3) is 2.35. The van der Waals surface area contributed by atoms with E-state index in [-0.39, 0.29) is 11.9 Å². The number of hydrogen-bond acceptors (Lipinski definition) is 3. The van der Waals surface area contributed by atoms with Gasteiger partial charge in [-0.05, 0) is 18.9 Å². The molecule has 0 bridgehead atoms. The van der Waals surface area contributed by atoms with Crippen LogP contribution in [-0.4, -0.2) is 24.3 Å². The molecule has 1 fully saturated rings. The summed E-state index contributed by atoms with van der Waals surface area (Å²) in [4.78, 5) is 16.4. The summed E-state index contributed by atoms with van der Waals surface area (Å²) in [7, 11) is 0. The normalized spacial score (nSPS) is 25.9. The van der Waals surface area contributed by atoms with Crippen molar-refractivity contribution in [2.45, 2.75) is 18.9 Å². The van der Waals surface area contributed by atoms with Crippen LogP contribution in [0.15, 0.2) is 48.0 Å². The van der Waals surface area contributed by atoms with Crippen molar-refractivity contribution in [3.63, 3.8) is 0 Å². The Morgan fingerprint density at radius 1 is 1.56 bits per heavy atom. The Morgan fingerprint density at radius 3 is 2.83 bits per heavy atom. The molecule has 0 aromatic heterocycles. The van der Waals surface area contributed by atoms with Gasteiger partial charge in [0.15, 0.2) is 5.54 Å². The number of hydrogen-bond donors (Lipinski definition) is 0. The van der Waals surface area contributed by atoms with Crippen molar-refractivity contribution in [2.75, 3.05) is 6.61 Å². The van der Waals surface area contributed by atoms with E-state index in [1.165, 1.54) is 0 Å². The fourth-order valence-electron chi connectivity index (χ4n) is 1.98. The van der Waals surface area contributed by atoms with E-state index in [2.05, 4.69) is 11.6 Å². The lowest BCUT2D eigenvalue weighted by Gasteiger charge is -2.09. The Kier molecular flexibility index (Phi) is 3.60. The van der Waals surface area contributed by atoms with Crippen LogP contribution < -0.4 is 0 Å². The lowest BCUT2D eigenvalue weighted by atomic mass is 10.2. The molecule has 0 spiro atoms. The third-order valence-corrected chi connectivity index (χ3v) is 3.14. The summed E-state index contributed by atoms with van der Waals surface area (Å²) in [5, 5.41) is 0. The predicted molar refractivity (Wildman–Crippen MR) is 71.7 cm³/mol. The summed E-state index contributed by atoms with van der Waals surface area (Å²) in [6.45, 7) is 5.92. The van der Waals surface area contributed by atoms with E-state index in [1.807, 2.05) is 30.3 Å². The van der Waals surface area contributed by atoms with E-state index >= 15 is 0 Å². The van der Waals surface area contributed by atoms with Crippen molar-refractivity contribution < 1.29 is 9.53 Å². The lowest BCUT2D eigenvalue weighted by Crippen LogP contribution is -2.25. The molecule has 1 aliphatic carbocycles. The highest BCUT2D eigenvalue weighted by molar-refractivity contribution is 5.90. The molecule has 1 aromatic rings. The lowest BCUT2D eigenvalue weighted by molar-refractivity contribution is -0.146. The second-order valence-corrected chi connectivity index (χ2v) is 4.36. The molecule has 1 aliphatic rings. The van der Waals surface area contributed by atoms with Gasteiger partial charge in [0.2, 0.25) is 0 Å². The number of ether oxygens (including phenoxy) is 1. The molecule has 94 valence electrons. The van der Waals surface area contributed by atoms with Crippen LogP contribution in [0.4, 0.5) is 0 Å². The first-order chi connectivity index (χ1) is 8.73. The van der Waals surface area contributed by atoms with Gasteiger partial charge in [-0.1, -0.05) is 36.4 Å². The van der Waals surface area contributed by atoms with Gasteiger partial charge in [0, 0.05) is 12.1 Å². The van der Waals surface area contributed by atoms with Crippen LogP contribution in [0.2, 0.25) is 0 Å². The summed E-state index contributed by atoms with van der Waals surface area (Å²) in [5.41, 5.74) is 0.254. The number of benzene rings is 1. The van der Waals surface area contributed by atoms with E-state index in [0.717, 1.165) is 5.56 Å². The number of aliphatic imine (C=N–C) groups is 1. The number of nitrogens with zero attached hydrogens (tertiary/aromatic N) is 1. The minimum atomic E-state index is -0.729. The maximum atomic E-state index is 11.9. The summed E-state index contributed by atoms with van der Waals surface area (Å²) >= 11 is 0. The molecule has 2 unspecified atom stereocenters. The first-order valence-electron chi connectivity index (χ1n) is 6.13. The molecule has 0 aliphatic heterocycles. The minimum Gasteiger partial charge on any atom is -0.464 e. The van der Waals surface area contributed by atoms with Crippen molar-refractivity contribution in [2.24, 2.45) is 10.9 Å². The van der Waals surface area contributed by atoms with Crippen LogP contribution in [-0.2, 0) is 9.53 Å². The Labute approximate surface area is 107 Å². The zero-order chi connectivity index (χ0) is 13.0. The minimum absolute atomic E-state index is 0.0940. The standard InChI is InChI=1S/C15H17NO2/c1-3-13-10-15(13,14(17)18-4-2)16-11-12-8-6-5-7-9-12/h3,5-9,11,13H,1,4,10H2,2H3. The Bertz CT molecular complexity index is 467. The zero-order valence-electron chi connectivity index (χ0n) is 10.5. The van der Waals surface area contributed by atoms with Gasteiger partial charge in [-0.3, -0.25) is 4.99 Å². The van der Waals surface area contributed by atoms with Crippen LogP contribution in [0.3, 0.4) is 0 Å². The fourth-order valence-corrected chi connectivity index (χ4v) is 1.98. The van der Waals surface area contributed by atoms with E-state index in [4.69, 9.17) is 4.74 Å². The molecular weight excluding hydrogens is 226 g/mol. The molecule has 2 atom stereocenters. The summed E-state index contributed by atoms with van der Waals surface area (Å²) < 4.78 is 5.09. The van der Waals surface area contributed by atoms with Gasteiger partial charge in [0.1, 0.15) is 0 Å². The number of esters is 1.